The lowest BCUT2D eigenvalue weighted by atomic mass is 9.73. The van der Waals surface area contributed by atoms with Crippen LogP contribution in [0.15, 0.2) is 30.3 Å². The Labute approximate surface area is 113 Å². The van der Waals surface area contributed by atoms with E-state index in [2.05, 4.69) is 0 Å². The van der Waals surface area contributed by atoms with Crippen LogP contribution in [0.2, 0.25) is 0 Å². The van der Waals surface area contributed by atoms with Crippen LogP contribution in [-0.4, -0.2) is 26.2 Å². The molecule has 0 spiro atoms. The summed E-state index contributed by atoms with van der Waals surface area (Å²) in [7, 11) is 2.69. The van der Waals surface area contributed by atoms with E-state index in [1.807, 2.05) is 30.3 Å². The summed E-state index contributed by atoms with van der Waals surface area (Å²) in [5.41, 5.74) is 0.118. The van der Waals surface area contributed by atoms with Gasteiger partial charge >= 0.3 is 11.9 Å². The number of hydrogen-bond acceptors (Lipinski definition) is 4. The minimum Gasteiger partial charge on any atom is -0.469 e. The van der Waals surface area contributed by atoms with Crippen molar-refractivity contribution >= 4 is 11.9 Å². The standard InChI is InChI=1S/C15H20O4/c1-15(2,14(17)19-4)12(10-13(16)18-3)11-8-6-5-7-9-11/h5-9,12H,10H2,1-4H3. The molecule has 0 aliphatic rings. The largest absolute Gasteiger partial charge is 0.469 e. The molecular formula is C15H20O4. The summed E-state index contributed by atoms with van der Waals surface area (Å²) in [6.07, 6.45) is 0.141. The molecule has 0 radical (unpaired) electrons. The summed E-state index contributed by atoms with van der Waals surface area (Å²) in [5.74, 6) is -0.968. The third-order valence-electron chi connectivity index (χ3n) is 3.38. The van der Waals surface area contributed by atoms with Gasteiger partial charge in [0.15, 0.2) is 0 Å². The number of methoxy groups -OCH3 is 2. The fourth-order valence-corrected chi connectivity index (χ4v) is 2.13. The van der Waals surface area contributed by atoms with Crippen molar-refractivity contribution < 1.29 is 19.1 Å². The molecule has 0 bridgehead atoms. The second-order valence-corrected chi connectivity index (χ2v) is 4.96. The van der Waals surface area contributed by atoms with Gasteiger partial charge < -0.3 is 9.47 Å². The average molecular weight is 264 g/mol. The van der Waals surface area contributed by atoms with Gasteiger partial charge in [0, 0.05) is 5.92 Å². The van der Waals surface area contributed by atoms with Crippen molar-refractivity contribution in [1.29, 1.82) is 0 Å². The van der Waals surface area contributed by atoms with Crippen LogP contribution >= 0.6 is 0 Å². The molecule has 1 aromatic rings. The Morgan fingerprint density at radius 3 is 2.16 bits per heavy atom. The van der Waals surface area contributed by atoms with E-state index >= 15 is 0 Å². The fourth-order valence-electron chi connectivity index (χ4n) is 2.13. The number of esters is 2. The van der Waals surface area contributed by atoms with Crippen LogP contribution in [-0.2, 0) is 19.1 Å². The molecule has 104 valence electrons. The van der Waals surface area contributed by atoms with Crippen molar-refractivity contribution in [3.63, 3.8) is 0 Å². The van der Waals surface area contributed by atoms with E-state index in [-0.39, 0.29) is 24.3 Å². The molecule has 1 rings (SSSR count). The molecule has 0 aromatic heterocycles. The number of carbonyl (C=O) groups excluding carboxylic acids is 2. The maximum Gasteiger partial charge on any atom is 0.311 e. The highest BCUT2D eigenvalue weighted by Crippen LogP contribution is 2.39. The number of rotatable bonds is 5. The lowest BCUT2D eigenvalue weighted by Gasteiger charge is -2.31. The molecule has 1 atom stereocenters. The molecule has 1 aromatic carbocycles. The number of ether oxygens (including phenoxy) is 2. The Morgan fingerprint density at radius 1 is 1.11 bits per heavy atom. The smallest absolute Gasteiger partial charge is 0.311 e. The fraction of sp³-hybridized carbons (Fsp3) is 0.467. The van der Waals surface area contributed by atoms with Crippen molar-refractivity contribution in [1.82, 2.24) is 0 Å². The van der Waals surface area contributed by atoms with E-state index in [0.29, 0.717) is 0 Å². The van der Waals surface area contributed by atoms with Gasteiger partial charge in [0.1, 0.15) is 0 Å². The first-order valence-electron chi connectivity index (χ1n) is 6.13. The molecule has 0 amide bonds. The molecule has 4 heteroatoms. The van der Waals surface area contributed by atoms with Gasteiger partial charge in [-0.1, -0.05) is 30.3 Å². The highest BCUT2D eigenvalue weighted by atomic mass is 16.5. The van der Waals surface area contributed by atoms with Gasteiger partial charge in [-0.15, -0.1) is 0 Å². The molecule has 0 saturated heterocycles. The molecule has 0 aliphatic carbocycles. The Hall–Kier alpha value is -1.84. The van der Waals surface area contributed by atoms with Crippen LogP contribution < -0.4 is 0 Å². The van der Waals surface area contributed by atoms with Gasteiger partial charge in [-0.2, -0.15) is 0 Å². The monoisotopic (exact) mass is 264 g/mol. The van der Waals surface area contributed by atoms with Crippen LogP contribution in [0.1, 0.15) is 31.7 Å². The predicted molar refractivity (Wildman–Crippen MR) is 71.6 cm³/mol. The van der Waals surface area contributed by atoms with E-state index < -0.39 is 5.41 Å². The Bertz CT molecular complexity index is 437. The van der Waals surface area contributed by atoms with Gasteiger partial charge in [-0.25, -0.2) is 0 Å². The van der Waals surface area contributed by atoms with Crippen molar-refractivity contribution in [2.45, 2.75) is 26.2 Å². The molecular weight excluding hydrogens is 244 g/mol. The molecule has 0 heterocycles. The highest BCUT2D eigenvalue weighted by Gasteiger charge is 2.40. The minimum atomic E-state index is -0.801. The molecule has 4 nitrogen and oxygen atoms in total. The summed E-state index contributed by atoms with van der Waals surface area (Å²) >= 11 is 0. The Kier molecular flexibility index (Phi) is 5.10. The van der Waals surface area contributed by atoms with Gasteiger partial charge in [0.2, 0.25) is 0 Å². The molecule has 0 aliphatic heterocycles. The molecule has 1 unspecified atom stereocenters. The van der Waals surface area contributed by atoms with Crippen LogP contribution in [0.3, 0.4) is 0 Å². The van der Waals surface area contributed by atoms with Crippen molar-refractivity contribution in [3.05, 3.63) is 35.9 Å². The number of benzene rings is 1. The first-order chi connectivity index (χ1) is 8.93. The maximum atomic E-state index is 11.9. The summed E-state index contributed by atoms with van der Waals surface area (Å²) in [6.45, 7) is 3.55. The van der Waals surface area contributed by atoms with E-state index in [1.165, 1.54) is 14.2 Å². The van der Waals surface area contributed by atoms with Crippen molar-refractivity contribution in [2.24, 2.45) is 5.41 Å². The SMILES string of the molecule is COC(=O)CC(c1ccccc1)C(C)(C)C(=O)OC. The van der Waals surface area contributed by atoms with Gasteiger partial charge in [-0.3, -0.25) is 9.59 Å². The van der Waals surface area contributed by atoms with Crippen LogP contribution in [0.25, 0.3) is 0 Å². The second-order valence-electron chi connectivity index (χ2n) is 4.96. The van der Waals surface area contributed by atoms with Crippen molar-refractivity contribution in [2.75, 3.05) is 14.2 Å². The Morgan fingerprint density at radius 2 is 1.68 bits per heavy atom. The van der Waals surface area contributed by atoms with Gasteiger partial charge in [-0.05, 0) is 19.4 Å². The lowest BCUT2D eigenvalue weighted by molar-refractivity contribution is -0.153. The van der Waals surface area contributed by atoms with Crippen LogP contribution in [0.5, 0.6) is 0 Å². The zero-order chi connectivity index (χ0) is 14.5. The van der Waals surface area contributed by atoms with Crippen LogP contribution in [0, 0.1) is 5.41 Å². The molecule has 0 saturated carbocycles. The number of carbonyl (C=O) groups is 2. The first-order valence-corrected chi connectivity index (χ1v) is 6.13. The molecule has 19 heavy (non-hydrogen) atoms. The zero-order valence-corrected chi connectivity index (χ0v) is 11.8. The minimum absolute atomic E-state index is 0.141. The quantitative estimate of drug-likeness (QED) is 0.767. The van der Waals surface area contributed by atoms with E-state index in [9.17, 15) is 9.59 Å². The summed E-state index contributed by atoms with van der Waals surface area (Å²) in [4.78, 5) is 23.5. The van der Waals surface area contributed by atoms with Crippen molar-refractivity contribution in [3.8, 4) is 0 Å². The van der Waals surface area contributed by atoms with E-state index in [4.69, 9.17) is 9.47 Å². The Balaban J connectivity index is 3.12. The normalized spacial score (nSPS) is 12.6. The summed E-state index contributed by atoms with van der Waals surface area (Å²) < 4.78 is 9.56. The third kappa shape index (κ3) is 3.56. The highest BCUT2D eigenvalue weighted by molar-refractivity contribution is 5.79. The zero-order valence-electron chi connectivity index (χ0n) is 11.8. The second kappa shape index (κ2) is 6.36. The predicted octanol–water partition coefficient (Wildman–Crippen LogP) is 2.53. The summed E-state index contributed by atoms with van der Waals surface area (Å²) in [6, 6.07) is 9.46. The molecule has 0 N–H and O–H groups in total. The molecule has 0 fully saturated rings. The van der Waals surface area contributed by atoms with Crippen LogP contribution in [0.4, 0.5) is 0 Å². The topological polar surface area (TPSA) is 52.6 Å². The maximum absolute atomic E-state index is 11.9. The number of hydrogen-bond donors (Lipinski definition) is 0. The van der Waals surface area contributed by atoms with E-state index in [1.54, 1.807) is 13.8 Å². The van der Waals surface area contributed by atoms with Gasteiger partial charge in [0.05, 0.1) is 26.1 Å². The lowest BCUT2D eigenvalue weighted by Crippen LogP contribution is -2.34. The van der Waals surface area contributed by atoms with Gasteiger partial charge in [0.25, 0.3) is 0 Å². The first kappa shape index (κ1) is 15.2. The summed E-state index contributed by atoms with van der Waals surface area (Å²) in [5, 5.41) is 0. The van der Waals surface area contributed by atoms with E-state index in [0.717, 1.165) is 5.56 Å². The average Bonchev–Trinajstić information content (AvgIpc) is 2.44. The third-order valence-corrected chi connectivity index (χ3v) is 3.38.